The average Bonchev–Trinajstić information content (AvgIpc) is 2.53. The molecule has 0 atom stereocenters. The van der Waals surface area contributed by atoms with Gasteiger partial charge in [-0.05, 0) is 36.8 Å². The van der Waals surface area contributed by atoms with Crippen LogP contribution in [0.25, 0.3) is 0 Å². The van der Waals surface area contributed by atoms with Crippen LogP contribution >= 0.6 is 0 Å². The van der Waals surface area contributed by atoms with E-state index in [1.54, 1.807) is 43.3 Å². The number of carbonyl (C=O) groups excluding carboxylic acids is 2. The summed E-state index contributed by atoms with van der Waals surface area (Å²) in [6.45, 7) is 5.00. The molecule has 1 N–H and O–H groups in total. The summed E-state index contributed by atoms with van der Waals surface area (Å²) < 4.78 is 10.1. The van der Waals surface area contributed by atoms with Crippen LogP contribution in [0, 0.1) is 0 Å². The Balaban J connectivity index is 2.05. The maximum Gasteiger partial charge on any atom is 0.347 e. The van der Waals surface area contributed by atoms with Gasteiger partial charge in [-0.1, -0.05) is 30.8 Å². The Labute approximate surface area is 133 Å². The van der Waals surface area contributed by atoms with Crippen LogP contribution in [0.15, 0.2) is 60.7 Å². The Hall–Kier alpha value is -3.08. The molecule has 0 unspecified atom stereocenters. The number of phenolic OH excluding ortho intramolecular Hbond substituents is 1. The van der Waals surface area contributed by atoms with Gasteiger partial charge in [-0.3, -0.25) is 0 Å². The third-order valence-electron chi connectivity index (χ3n) is 2.95. The quantitative estimate of drug-likeness (QED) is 0.521. The van der Waals surface area contributed by atoms with E-state index in [-0.39, 0.29) is 23.5 Å². The first kappa shape index (κ1) is 16.3. The summed E-state index contributed by atoms with van der Waals surface area (Å²) >= 11 is 0. The molecular formula is C18H16O5. The number of ether oxygens (including phenoxy) is 2. The van der Waals surface area contributed by atoms with E-state index in [4.69, 9.17) is 9.47 Å². The van der Waals surface area contributed by atoms with Gasteiger partial charge < -0.3 is 14.6 Å². The Kier molecular flexibility index (Phi) is 5.15. The maximum atomic E-state index is 12.0. The van der Waals surface area contributed by atoms with Crippen molar-refractivity contribution in [3.05, 3.63) is 71.8 Å². The van der Waals surface area contributed by atoms with Crippen molar-refractivity contribution in [2.45, 2.75) is 13.5 Å². The number of carbonyl (C=O) groups is 2. The Morgan fingerprint density at radius 1 is 1.13 bits per heavy atom. The Morgan fingerprint density at radius 2 is 1.83 bits per heavy atom. The summed E-state index contributed by atoms with van der Waals surface area (Å²) in [5, 5.41) is 9.96. The highest BCUT2D eigenvalue weighted by atomic mass is 16.5. The monoisotopic (exact) mass is 312 g/mol. The van der Waals surface area contributed by atoms with E-state index in [0.29, 0.717) is 11.3 Å². The van der Waals surface area contributed by atoms with Crippen molar-refractivity contribution in [2.24, 2.45) is 0 Å². The van der Waals surface area contributed by atoms with E-state index in [1.165, 1.54) is 12.1 Å². The largest absolute Gasteiger partial charge is 0.507 e. The molecule has 0 saturated heterocycles. The number of para-hydroxylation sites is 1. The van der Waals surface area contributed by atoms with Crippen molar-refractivity contribution in [1.82, 2.24) is 0 Å². The molecule has 0 bridgehead atoms. The molecule has 23 heavy (non-hydrogen) atoms. The van der Waals surface area contributed by atoms with Gasteiger partial charge in [0, 0.05) is 5.57 Å². The third kappa shape index (κ3) is 4.44. The number of esters is 2. The van der Waals surface area contributed by atoms with Crippen LogP contribution in [0.1, 0.15) is 22.8 Å². The zero-order valence-electron chi connectivity index (χ0n) is 12.6. The van der Waals surface area contributed by atoms with E-state index in [0.717, 1.165) is 0 Å². The molecule has 0 heterocycles. The van der Waals surface area contributed by atoms with Crippen molar-refractivity contribution >= 4 is 11.9 Å². The first-order valence-electron chi connectivity index (χ1n) is 6.89. The van der Waals surface area contributed by atoms with Gasteiger partial charge in [0.25, 0.3) is 0 Å². The molecule has 0 aliphatic heterocycles. The van der Waals surface area contributed by atoms with Crippen LogP contribution < -0.4 is 4.74 Å². The van der Waals surface area contributed by atoms with Gasteiger partial charge in [0.15, 0.2) is 0 Å². The van der Waals surface area contributed by atoms with Crippen molar-refractivity contribution in [1.29, 1.82) is 0 Å². The smallest absolute Gasteiger partial charge is 0.347 e. The normalized spacial score (nSPS) is 9.96. The second-order valence-electron chi connectivity index (χ2n) is 4.91. The standard InChI is InChI=1S/C18H16O5/c1-12(2)17(20)22-11-13-8-9-15(16(19)10-13)18(21)23-14-6-4-3-5-7-14/h3-10,19H,1,11H2,2H3. The second-order valence-corrected chi connectivity index (χ2v) is 4.91. The van der Waals surface area contributed by atoms with Gasteiger partial charge in [-0.2, -0.15) is 0 Å². The molecule has 0 amide bonds. The molecule has 5 heteroatoms. The van der Waals surface area contributed by atoms with Gasteiger partial charge in [-0.25, -0.2) is 9.59 Å². The molecule has 0 fully saturated rings. The lowest BCUT2D eigenvalue weighted by molar-refractivity contribution is -0.140. The third-order valence-corrected chi connectivity index (χ3v) is 2.95. The fourth-order valence-corrected chi connectivity index (χ4v) is 1.76. The predicted molar refractivity (Wildman–Crippen MR) is 84.1 cm³/mol. The molecule has 0 aromatic heterocycles. The summed E-state index contributed by atoms with van der Waals surface area (Å²) in [7, 11) is 0. The maximum absolute atomic E-state index is 12.0. The molecule has 0 saturated carbocycles. The predicted octanol–water partition coefficient (Wildman–Crippen LogP) is 3.23. The molecule has 0 aliphatic rings. The zero-order chi connectivity index (χ0) is 16.8. The molecule has 0 aliphatic carbocycles. The van der Waals surface area contributed by atoms with E-state index in [9.17, 15) is 14.7 Å². The molecule has 2 rings (SSSR count). The van der Waals surface area contributed by atoms with E-state index >= 15 is 0 Å². The minimum Gasteiger partial charge on any atom is -0.507 e. The molecule has 0 radical (unpaired) electrons. The SMILES string of the molecule is C=C(C)C(=O)OCc1ccc(C(=O)Oc2ccccc2)c(O)c1. The molecule has 118 valence electrons. The molecule has 0 spiro atoms. The van der Waals surface area contributed by atoms with Gasteiger partial charge in [0.05, 0.1) is 0 Å². The Bertz CT molecular complexity index is 734. The first-order chi connectivity index (χ1) is 11.0. The zero-order valence-corrected chi connectivity index (χ0v) is 12.6. The molecule has 2 aromatic rings. The van der Waals surface area contributed by atoms with Crippen molar-refractivity contribution in [3.63, 3.8) is 0 Å². The molecule has 2 aromatic carbocycles. The number of hydrogen-bond donors (Lipinski definition) is 1. The topological polar surface area (TPSA) is 72.8 Å². The van der Waals surface area contributed by atoms with E-state index in [2.05, 4.69) is 6.58 Å². The summed E-state index contributed by atoms with van der Waals surface area (Å²) in [5.74, 6) is -1.04. The van der Waals surface area contributed by atoms with Gasteiger partial charge in [0.1, 0.15) is 23.7 Å². The minimum atomic E-state index is -0.667. The molecule has 5 nitrogen and oxygen atoms in total. The number of phenols is 1. The second kappa shape index (κ2) is 7.26. The summed E-state index contributed by atoms with van der Waals surface area (Å²) in [5.41, 5.74) is 0.870. The fraction of sp³-hybridized carbons (Fsp3) is 0.111. The summed E-state index contributed by atoms with van der Waals surface area (Å²) in [6.07, 6.45) is 0. The highest BCUT2D eigenvalue weighted by molar-refractivity contribution is 5.94. The number of hydrogen-bond acceptors (Lipinski definition) is 5. The van der Waals surface area contributed by atoms with Crippen molar-refractivity contribution < 1.29 is 24.2 Å². The van der Waals surface area contributed by atoms with Crippen LogP contribution in [0.5, 0.6) is 11.5 Å². The first-order valence-corrected chi connectivity index (χ1v) is 6.89. The van der Waals surface area contributed by atoms with Gasteiger partial charge in [0.2, 0.25) is 0 Å². The van der Waals surface area contributed by atoms with Crippen molar-refractivity contribution in [3.8, 4) is 11.5 Å². The van der Waals surface area contributed by atoms with Crippen LogP contribution in [0.2, 0.25) is 0 Å². The van der Waals surface area contributed by atoms with E-state index < -0.39 is 11.9 Å². The van der Waals surface area contributed by atoms with Crippen molar-refractivity contribution in [2.75, 3.05) is 0 Å². The lowest BCUT2D eigenvalue weighted by atomic mass is 10.1. The fourth-order valence-electron chi connectivity index (χ4n) is 1.76. The summed E-state index contributed by atoms with van der Waals surface area (Å²) in [6, 6.07) is 12.9. The van der Waals surface area contributed by atoms with E-state index in [1.807, 2.05) is 0 Å². The van der Waals surface area contributed by atoms with Crippen LogP contribution in [0.3, 0.4) is 0 Å². The lowest BCUT2D eigenvalue weighted by Gasteiger charge is -2.08. The number of rotatable bonds is 5. The number of aromatic hydroxyl groups is 1. The summed E-state index contributed by atoms with van der Waals surface area (Å²) in [4.78, 5) is 23.3. The van der Waals surface area contributed by atoms with Gasteiger partial charge in [-0.15, -0.1) is 0 Å². The van der Waals surface area contributed by atoms with Gasteiger partial charge >= 0.3 is 11.9 Å². The average molecular weight is 312 g/mol. The van der Waals surface area contributed by atoms with Crippen LogP contribution in [-0.4, -0.2) is 17.0 Å². The highest BCUT2D eigenvalue weighted by Crippen LogP contribution is 2.22. The highest BCUT2D eigenvalue weighted by Gasteiger charge is 2.14. The number of benzene rings is 2. The Morgan fingerprint density at radius 3 is 2.43 bits per heavy atom. The molecular weight excluding hydrogens is 296 g/mol. The van der Waals surface area contributed by atoms with Crippen LogP contribution in [-0.2, 0) is 16.1 Å². The lowest BCUT2D eigenvalue weighted by Crippen LogP contribution is -2.09. The minimum absolute atomic E-state index is 0.0206. The van der Waals surface area contributed by atoms with Crippen LogP contribution in [0.4, 0.5) is 0 Å².